The van der Waals surface area contributed by atoms with Crippen molar-refractivity contribution in [3.8, 4) is 0 Å². The minimum Gasteiger partial charge on any atom is -0.326 e. The Morgan fingerprint density at radius 1 is 1.11 bits per heavy atom. The Morgan fingerprint density at radius 2 is 1.93 bits per heavy atom. The zero-order valence-electron chi connectivity index (χ0n) is 15.6. The van der Waals surface area contributed by atoms with Crippen molar-refractivity contribution in [1.29, 1.82) is 0 Å². The van der Waals surface area contributed by atoms with E-state index in [1.54, 1.807) is 12.1 Å². The second-order valence-electron chi connectivity index (χ2n) is 7.61. The number of rotatable bonds is 3. The highest BCUT2D eigenvalue weighted by molar-refractivity contribution is 6.05. The number of hydrogen-bond acceptors (Lipinski definition) is 3. The number of nitrogens with one attached hydrogen (secondary N) is 2. The van der Waals surface area contributed by atoms with Gasteiger partial charge in [0.2, 0.25) is 11.9 Å². The molecule has 0 bridgehead atoms. The fourth-order valence-corrected chi connectivity index (χ4v) is 4.36. The molecule has 5 rings (SSSR count). The molecule has 2 aliphatic rings. The number of hydrogen-bond donors (Lipinski definition) is 2. The first-order chi connectivity index (χ1) is 13.7. The Bertz CT molecular complexity index is 1080. The predicted molar refractivity (Wildman–Crippen MR) is 109 cm³/mol. The second kappa shape index (κ2) is 6.78. The van der Waals surface area contributed by atoms with E-state index in [1.165, 1.54) is 12.8 Å². The molecule has 28 heavy (non-hydrogen) atoms. The summed E-state index contributed by atoms with van der Waals surface area (Å²) in [5, 5.41) is 5.89. The number of amides is 2. The van der Waals surface area contributed by atoms with Crippen molar-refractivity contribution in [2.45, 2.75) is 44.6 Å². The molecule has 0 saturated heterocycles. The number of anilines is 2. The van der Waals surface area contributed by atoms with Gasteiger partial charge >= 0.3 is 0 Å². The lowest BCUT2D eigenvalue weighted by atomic mass is 10.0. The average Bonchev–Trinajstić information content (AvgIpc) is 3.34. The topological polar surface area (TPSA) is 76.0 Å². The molecule has 3 aromatic rings. The van der Waals surface area contributed by atoms with Gasteiger partial charge in [-0.15, -0.1) is 0 Å². The summed E-state index contributed by atoms with van der Waals surface area (Å²) in [7, 11) is 0. The van der Waals surface area contributed by atoms with Gasteiger partial charge in [0.1, 0.15) is 0 Å². The fourth-order valence-electron chi connectivity index (χ4n) is 4.36. The number of aryl methyl sites for hydroxylation is 1. The van der Waals surface area contributed by atoms with Crippen molar-refractivity contribution in [1.82, 2.24) is 9.55 Å². The monoisotopic (exact) mass is 374 g/mol. The van der Waals surface area contributed by atoms with Crippen LogP contribution in [0, 0.1) is 0 Å². The summed E-state index contributed by atoms with van der Waals surface area (Å²) in [6.07, 6.45) is 5.75. The van der Waals surface area contributed by atoms with Crippen LogP contribution in [0.5, 0.6) is 0 Å². The minimum absolute atomic E-state index is 0.0231. The lowest BCUT2D eigenvalue weighted by Gasteiger charge is -2.18. The maximum absolute atomic E-state index is 13.0. The van der Waals surface area contributed by atoms with Gasteiger partial charge in [0.05, 0.1) is 11.0 Å². The number of carbonyl (C=O) groups is 2. The van der Waals surface area contributed by atoms with Crippen LogP contribution < -0.4 is 10.6 Å². The van der Waals surface area contributed by atoms with Crippen molar-refractivity contribution in [2.75, 3.05) is 10.6 Å². The Morgan fingerprint density at radius 3 is 2.79 bits per heavy atom. The molecule has 6 heteroatoms. The van der Waals surface area contributed by atoms with E-state index in [4.69, 9.17) is 4.98 Å². The molecule has 1 aliphatic heterocycles. The SMILES string of the molecule is O=C1CCc2cc(C(=O)Nc3nc4ccccc4n3C3CCCC3)ccc2N1. The lowest BCUT2D eigenvalue weighted by Crippen LogP contribution is -2.21. The van der Waals surface area contributed by atoms with E-state index < -0.39 is 0 Å². The summed E-state index contributed by atoms with van der Waals surface area (Å²) in [5.74, 6) is 0.466. The Hall–Kier alpha value is -3.15. The van der Waals surface area contributed by atoms with Crippen LogP contribution in [0.15, 0.2) is 42.5 Å². The molecule has 2 amide bonds. The molecular formula is C22H22N4O2. The van der Waals surface area contributed by atoms with Crippen LogP contribution in [0.25, 0.3) is 11.0 Å². The fraction of sp³-hybridized carbons (Fsp3) is 0.318. The van der Waals surface area contributed by atoms with Crippen molar-refractivity contribution in [3.63, 3.8) is 0 Å². The molecule has 2 heterocycles. The van der Waals surface area contributed by atoms with E-state index in [0.717, 1.165) is 35.1 Å². The third kappa shape index (κ3) is 2.95. The van der Waals surface area contributed by atoms with Gasteiger partial charge in [-0.3, -0.25) is 14.9 Å². The van der Waals surface area contributed by atoms with Gasteiger partial charge in [0.15, 0.2) is 0 Å². The average molecular weight is 374 g/mol. The molecule has 2 N–H and O–H groups in total. The van der Waals surface area contributed by atoms with E-state index in [9.17, 15) is 9.59 Å². The van der Waals surface area contributed by atoms with Crippen molar-refractivity contribution in [3.05, 3.63) is 53.6 Å². The van der Waals surface area contributed by atoms with Crippen molar-refractivity contribution >= 4 is 34.5 Å². The van der Waals surface area contributed by atoms with Gasteiger partial charge in [-0.25, -0.2) is 4.98 Å². The van der Waals surface area contributed by atoms with Crippen LogP contribution in [0.2, 0.25) is 0 Å². The molecule has 1 fully saturated rings. The van der Waals surface area contributed by atoms with Gasteiger partial charge in [-0.1, -0.05) is 25.0 Å². The Balaban J connectivity index is 1.47. The molecule has 2 aromatic carbocycles. The van der Waals surface area contributed by atoms with Crippen LogP contribution in [-0.4, -0.2) is 21.4 Å². The highest BCUT2D eigenvalue weighted by Gasteiger charge is 2.24. The van der Waals surface area contributed by atoms with Gasteiger partial charge in [0.25, 0.3) is 5.91 Å². The largest absolute Gasteiger partial charge is 0.326 e. The summed E-state index contributed by atoms with van der Waals surface area (Å²) in [5.41, 5.74) is 4.35. The Kier molecular flexibility index (Phi) is 4.11. The summed E-state index contributed by atoms with van der Waals surface area (Å²) in [6.45, 7) is 0. The maximum atomic E-state index is 13.0. The third-order valence-electron chi connectivity index (χ3n) is 5.77. The van der Waals surface area contributed by atoms with Crippen LogP contribution in [0.3, 0.4) is 0 Å². The van der Waals surface area contributed by atoms with Crippen LogP contribution in [0.4, 0.5) is 11.6 Å². The zero-order chi connectivity index (χ0) is 19.1. The van der Waals surface area contributed by atoms with E-state index in [2.05, 4.69) is 21.3 Å². The van der Waals surface area contributed by atoms with E-state index >= 15 is 0 Å². The molecule has 0 spiro atoms. The maximum Gasteiger partial charge on any atom is 0.257 e. The summed E-state index contributed by atoms with van der Waals surface area (Å²) in [4.78, 5) is 29.2. The quantitative estimate of drug-likeness (QED) is 0.718. The molecule has 0 radical (unpaired) electrons. The first-order valence-corrected chi connectivity index (χ1v) is 9.90. The van der Waals surface area contributed by atoms with Crippen LogP contribution in [-0.2, 0) is 11.2 Å². The number of benzene rings is 2. The van der Waals surface area contributed by atoms with Gasteiger partial charge in [-0.05, 0) is 55.2 Å². The van der Waals surface area contributed by atoms with Crippen LogP contribution in [0.1, 0.15) is 54.1 Å². The molecule has 6 nitrogen and oxygen atoms in total. The summed E-state index contributed by atoms with van der Waals surface area (Å²) in [6, 6.07) is 13.8. The molecule has 1 aliphatic carbocycles. The zero-order valence-corrected chi connectivity index (χ0v) is 15.6. The first kappa shape index (κ1) is 17.0. The van der Waals surface area contributed by atoms with Gasteiger partial charge in [-0.2, -0.15) is 0 Å². The number of nitrogens with zero attached hydrogens (tertiary/aromatic N) is 2. The highest BCUT2D eigenvalue weighted by Crippen LogP contribution is 2.35. The van der Waals surface area contributed by atoms with E-state index in [1.807, 2.05) is 24.3 Å². The van der Waals surface area contributed by atoms with Crippen molar-refractivity contribution in [2.24, 2.45) is 0 Å². The molecule has 1 saturated carbocycles. The van der Waals surface area contributed by atoms with E-state index in [0.29, 0.717) is 30.4 Å². The lowest BCUT2D eigenvalue weighted by molar-refractivity contribution is -0.116. The van der Waals surface area contributed by atoms with Gasteiger partial charge in [0, 0.05) is 23.7 Å². The third-order valence-corrected chi connectivity index (χ3v) is 5.77. The molecule has 142 valence electrons. The Labute approximate surface area is 163 Å². The highest BCUT2D eigenvalue weighted by atomic mass is 16.2. The van der Waals surface area contributed by atoms with Crippen LogP contribution >= 0.6 is 0 Å². The van der Waals surface area contributed by atoms with Gasteiger partial charge < -0.3 is 9.88 Å². The van der Waals surface area contributed by atoms with E-state index in [-0.39, 0.29) is 11.8 Å². The van der Waals surface area contributed by atoms with Crippen molar-refractivity contribution < 1.29 is 9.59 Å². The minimum atomic E-state index is -0.172. The predicted octanol–water partition coefficient (Wildman–Crippen LogP) is 4.29. The number of para-hydroxylation sites is 2. The normalized spacial score (nSPS) is 16.8. The summed E-state index contributed by atoms with van der Waals surface area (Å²) < 4.78 is 2.19. The molecular weight excluding hydrogens is 352 g/mol. The standard InChI is InChI=1S/C22H22N4O2/c27-20-12-10-14-13-15(9-11-17(14)23-20)21(28)25-22-24-18-7-3-4-8-19(18)26(22)16-5-1-2-6-16/h3-4,7-9,11,13,16H,1-2,5-6,10,12H2,(H,23,27)(H,24,25,28). The number of fused-ring (bicyclic) bond motifs is 2. The summed E-state index contributed by atoms with van der Waals surface area (Å²) >= 11 is 0. The molecule has 1 aromatic heterocycles. The number of aromatic nitrogens is 2. The molecule has 0 unspecified atom stereocenters. The second-order valence-corrected chi connectivity index (χ2v) is 7.61. The number of carbonyl (C=O) groups excluding carboxylic acids is 2. The number of imidazole rings is 1. The first-order valence-electron chi connectivity index (χ1n) is 9.90. The molecule has 0 atom stereocenters. The smallest absolute Gasteiger partial charge is 0.257 e.